The summed E-state index contributed by atoms with van der Waals surface area (Å²) in [6.07, 6.45) is 3.83. The fourth-order valence-corrected chi connectivity index (χ4v) is 4.31. The molecule has 1 heterocycles. The Balaban J connectivity index is 1.42. The van der Waals surface area contributed by atoms with Crippen LogP contribution in [0.4, 0.5) is 5.82 Å². The molecule has 1 aliphatic rings. The fraction of sp³-hybridized carbons (Fsp3) is 0.250. The van der Waals surface area contributed by atoms with Crippen LogP contribution in [0.2, 0.25) is 0 Å². The summed E-state index contributed by atoms with van der Waals surface area (Å²) in [7, 11) is 0. The van der Waals surface area contributed by atoms with Gasteiger partial charge in [0.1, 0.15) is 12.1 Å². The summed E-state index contributed by atoms with van der Waals surface area (Å²) < 4.78 is 0. The van der Waals surface area contributed by atoms with Gasteiger partial charge in [-0.3, -0.25) is 4.79 Å². The third-order valence-electron chi connectivity index (χ3n) is 6.18. The maximum Gasteiger partial charge on any atom is 0.219 e. The maximum atomic E-state index is 12.1. The molecule has 1 aliphatic carbocycles. The second-order valence-electron chi connectivity index (χ2n) is 8.88. The van der Waals surface area contributed by atoms with Gasteiger partial charge in [0.2, 0.25) is 5.91 Å². The Hall–Kier alpha value is -3.73. The average molecular weight is 437 g/mol. The van der Waals surface area contributed by atoms with Crippen molar-refractivity contribution in [3.8, 4) is 11.1 Å². The van der Waals surface area contributed by atoms with Gasteiger partial charge in [0, 0.05) is 31.4 Å². The molecule has 1 fully saturated rings. The van der Waals surface area contributed by atoms with Gasteiger partial charge in [-0.15, -0.1) is 0 Å². The highest BCUT2D eigenvalue weighted by atomic mass is 16.2. The van der Waals surface area contributed by atoms with Crippen LogP contribution in [0.25, 0.3) is 22.0 Å². The van der Waals surface area contributed by atoms with E-state index in [0.29, 0.717) is 19.1 Å². The number of aromatic nitrogens is 2. The smallest absolute Gasteiger partial charge is 0.219 e. The highest BCUT2D eigenvalue weighted by molar-refractivity contribution is 5.92. The van der Waals surface area contributed by atoms with Crippen molar-refractivity contribution < 1.29 is 4.79 Å². The Bertz CT molecular complexity index is 1310. The lowest BCUT2D eigenvalue weighted by Gasteiger charge is -2.21. The first-order valence-corrected chi connectivity index (χ1v) is 11.5. The predicted molar refractivity (Wildman–Crippen MR) is 133 cm³/mol. The monoisotopic (exact) mass is 436 g/mol. The van der Waals surface area contributed by atoms with Gasteiger partial charge in [-0.1, -0.05) is 54.1 Å². The number of anilines is 1. The minimum atomic E-state index is 0.148. The fourth-order valence-electron chi connectivity index (χ4n) is 4.31. The molecule has 0 saturated heterocycles. The van der Waals surface area contributed by atoms with Crippen molar-refractivity contribution in [3.05, 3.63) is 89.7 Å². The van der Waals surface area contributed by atoms with E-state index in [-0.39, 0.29) is 5.91 Å². The van der Waals surface area contributed by atoms with E-state index >= 15 is 0 Å². The lowest BCUT2D eigenvalue weighted by Crippen LogP contribution is -2.30. The zero-order chi connectivity index (χ0) is 22.8. The second-order valence-corrected chi connectivity index (χ2v) is 8.88. The Morgan fingerprint density at radius 1 is 0.970 bits per heavy atom. The number of aryl methyl sites for hydroxylation is 1. The van der Waals surface area contributed by atoms with Crippen LogP contribution in [-0.4, -0.2) is 26.8 Å². The Labute approximate surface area is 194 Å². The van der Waals surface area contributed by atoms with Crippen molar-refractivity contribution in [2.24, 2.45) is 0 Å². The van der Waals surface area contributed by atoms with Crippen molar-refractivity contribution >= 4 is 22.6 Å². The first-order chi connectivity index (χ1) is 16.1. The van der Waals surface area contributed by atoms with Gasteiger partial charge >= 0.3 is 0 Å². The number of fused-ring (bicyclic) bond motifs is 1. The highest BCUT2D eigenvalue weighted by Crippen LogP contribution is 2.31. The molecule has 0 bridgehead atoms. The Kier molecular flexibility index (Phi) is 5.78. The van der Waals surface area contributed by atoms with Crippen LogP contribution < -0.4 is 5.32 Å². The number of amides is 1. The molecule has 1 aromatic heterocycles. The summed E-state index contributed by atoms with van der Waals surface area (Å²) >= 11 is 0. The van der Waals surface area contributed by atoms with Crippen molar-refractivity contribution in [1.82, 2.24) is 14.9 Å². The zero-order valence-electron chi connectivity index (χ0n) is 19.1. The van der Waals surface area contributed by atoms with Crippen LogP contribution >= 0.6 is 0 Å². The number of hydrogen-bond donors (Lipinski definition) is 1. The van der Waals surface area contributed by atoms with Crippen LogP contribution in [0.3, 0.4) is 0 Å². The number of nitrogens with one attached hydrogen (secondary N) is 1. The summed E-state index contributed by atoms with van der Waals surface area (Å²) in [6, 6.07) is 23.6. The summed E-state index contributed by atoms with van der Waals surface area (Å²) in [4.78, 5) is 23.0. The summed E-state index contributed by atoms with van der Waals surface area (Å²) in [5.41, 5.74) is 6.76. The summed E-state index contributed by atoms with van der Waals surface area (Å²) in [6.45, 7) is 5.13. The van der Waals surface area contributed by atoms with E-state index in [1.54, 1.807) is 13.3 Å². The summed E-state index contributed by atoms with van der Waals surface area (Å²) in [5, 5.41) is 4.48. The van der Waals surface area contributed by atoms with Gasteiger partial charge in [0.15, 0.2) is 0 Å². The lowest BCUT2D eigenvalue weighted by atomic mass is 10.0. The molecule has 5 heteroatoms. The molecule has 1 amide bonds. The van der Waals surface area contributed by atoms with Gasteiger partial charge in [-0.05, 0) is 60.2 Å². The molecule has 5 nitrogen and oxygen atoms in total. The first-order valence-electron chi connectivity index (χ1n) is 11.5. The molecular formula is C28H28N4O. The number of nitrogens with zero attached hydrogens (tertiary/aromatic N) is 3. The van der Waals surface area contributed by atoms with Crippen LogP contribution in [0, 0.1) is 6.92 Å². The number of hydrogen-bond acceptors (Lipinski definition) is 4. The van der Waals surface area contributed by atoms with Gasteiger partial charge in [-0.2, -0.15) is 0 Å². The number of rotatable bonds is 7. The number of carbonyl (C=O) groups excluding carboxylic acids is 1. The minimum Gasteiger partial charge on any atom is -0.365 e. The molecule has 3 aromatic carbocycles. The normalized spacial score (nSPS) is 13.2. The predicted octanol–water partition coefficient (Wildman–Crippen LogP) is 5.73. The SMILES string of the molecule is CC(=O)N(Cc1cccc(-c2ccc3ncnc(NCc4cccc(C)c4)c3c2)c1)C1CC1. The van der Waals surface area contributed by atoms with E-state index in [9.17, 15) is 4.79 Å². The molecule has 4 aromatic rings. The molecule has 0 atom stereocenters. The molecule has 1 N–H and O–H groups in total. The molecule has 0 radical (unpaired) electrons. The van der Waals surface area contributed by atoms with Crippen molar-refractivity contribution in [1.29, 1.82) is 0 Å². The maximum absolute atomic E-state index is 12.1. The Morgan fingerprint density at radius 2 is 1.76 bits per heavy atom. The number of benzene rings is 3. The van der Waals surface area contributed by atoms with E-state index in [1.807, 2.05) is 11.0 Å². The van der Waals surface area contributed by atoms with Crippen LogP contribution in [-0.2, 0) is 17.9 Å². The molecule has 33 heavy (non-hydrogen) atoms. The topological polar surface area (TPSA) is 58.1 Å². The average Bonchev–Trinajstić information content (AvgIpc) is 3.66. The van der Waals surface area contributed by atoms with Crippen molar-refractivity contribution in [3.63, 3.8) is 0 Å². The minimum absolute atomic E-state index is 0.148. The van der Waals surface area contributed by atoms with E-state index in [1.165, 1.54) is 11.1 Å². The van der Waals surface area contributed by atoms with E-state index in [4.69, 9.17) is 0 Å². The molecular weight excluding hydrogens is 408 g/mol. The zero-order valence-corrected chi connectivity index (χ0v) is 19.1. The quantitative estimate of drug-likeness (QED) is 0.402. The lowest BCUT2D eigenvalue weighted by molar-refractivity contribution is -0.130. The van der Waals surface area contributed by atoms with Crippen LogP contribution in [0.1, 0.15) is 36.5 Å². The third kappa shape index (κ3) is 4.87. The molecule has 1 saturated carbocycles. The second kappa shape index (κ2) is 9.02. The molecule has 0 spiro atoms. The highest BCUT2D eigenvalue weighted by Gasteiger charge is 2.30. The van der Waals surface area contributed by atoms with E-state index in [2.05, 4.69) is 82.9 Å². The molecule has 0 aliphatic heterocycles. The van der Waals surface area contributed by atoms with Gasteiger partial charge in [0.05, 0.1) is 5.52 Å². The van der Waals surface area contributed by atoms with Crippen molar-refractivity contribution in [2.45, 2.75) is 45.8 Å². The molecule has 166 valence electrons. The number of carbonyl (C=O) groups is 1. The standard InChI is InChI=1S/C28H28N4O/c1-19-5-3-6-21(13-19)16-29-28-26-15-24(9-12-27(26)30-18-31-28)23-8-4-7-22(14-23)17-32(20(2)33)25-10-11-25/h3-9,12-15,18,25H,10-11,16-17H2,1-2H3,(H,29,30,31). The Morgan fingerprint density at radius 3 is 2.55 bits per heavy atom. The largest absolute Gasteiger partial charge is 0.365 e. The van der Waals surface area contributed by atoms with E-state index in [0.717, 1.165) is 46.3 Å². The molecule has 0 unspecified atom stereocenters. The first kappa shape index (κ1) is 21.1. The van der Waals surface area contributed by atoms with Crippen molar-refractivity contribution in [2.75, 3.05) is 5.32 Å². The van der Waals surface area contributed by atoms with E-state index < -0.39 is 0 Å². The third-order valence-corrected chi connectivity index (χ3v) is 6.18. The molecule has 5 rings (SSSR count). The summed E-state index contributed by atoms with van der Waals surface area (Å²) in [5.74, 6) is 0.978. The van der Waals surface area contributed by atoms with Gasteiger partial charge in [0.25, 0.3) is 0 Å². The van der Waals surface area contributed by atoms with Crippen LogP contribution in [0.15, 0.2) is 73.1 Å². The van der Waals surface area contributed by atoms with Gasteiger partial charge in [-0.25, -0.2) is 9.97 Å². The van der Waals surface area contributed by atoms with Crippen LogP contribution in [0.5, 0.6) is 0 Å². The van der Waals surface area contributed by atoms with Gasteiger partial charge < -0.3 is 10.2 Å².